The number of carbonyl (C=O) groups excluding carboxylic acids is 1. The van der Waals surface area contributed by atoms with Crippen LogP contribution in [-0.4, -0.2) is 20.5 Å². The van der Waals surface area contributed by atoms with Gasteiger partial charge in [-0.1, -0.05) is 23.7 Å². The summed E-state index contributed by atoms with van der Waals surface area (Å²) in [5.74, 6) is -0.127. The minimum atomic E-state index is -0.269. The van der Waals surface area contributed by atoms with Crippen LogP contribution in [0, 0.1) is 13.8 Å². The Labute approximate surface area is 176 Å². The number of benzene rings is 1. The van der Waals surface area contributed by atoms with Gasteiger partial charge < -0.3 is 5.32 Å². The lowest BCUT2D eigenvalue weighted by molar-refractivity contribution is -0.121. The molecule has 0 aliphatic rings. The van der Waals surface area contributed by atoms with Gasteiger partial charge in [-0.2, -0.15) is 11.3 Å². The number of thiophene rings is 1. The number of halogens is 1. The van der Waals surface area contributed by atoms with E-state index in [0.717, 1.165) is 28.1 Å². The smallest absolute Gasteiger partial charge is 0.266 e. The number of aromatic nitrogens is 3. The first-order chi connectivity index (χ1) is 13.9. The molecule has 4 rings (SSSR count). The minimum absolute atomic E-state index is 0.127. The summed E-state index contributed by atoms with van der Waals surface area (Å²) >= 11 is 7.60. The zero-order chi connectivity index (χ0) is 20.5. The SMILES string of the molecule is Cc1nc2cc(=O)[nH]n2c(C)c1CC(=O)NC(c1ccc(Cl)cc1)c1ccsc1. The Morgan fingerprint density at radius 2 is 2.00 bits per heavy atom. The third-order valence-corrected chi connectivity index (χ3v) is 5.88. The van der Waals surface area contributed by atoms with Crippen molar-refractivity contribution in [3.05, 3.63) is 90.6 Å². The van der Waals surface area contributed by atoms with Crippen LogP contribution in [0.15, 0.2) is 52.0 Å². The fraction of sp³-hybridized carbons (Fsp3) is 0.190. The molecule has 0 bridgehead atoms. The quantitative estimate of drug-likeness (QED) is 0.509. The van der Waals surface area contributed by atoms with Crippen molar-refractivity contribution >= 4 is 34.5 Å². The van der Waals surface area contributed by atoms with E-state index in [9.17, 15) is 9.59 Å². The molecule has 1 unspecified atom stereocenters. The molecule has 0 aliphatic heterocycles. The highest BCUT2D eigenvalue weighted by Crippen LogP contribution is 2.26. The topological polar surface area (TPSA) is 79.3 Å². The maximum Gasteiger partial charge on any atom is 0.266 e. The number of amides is 1. The lowest BCUT2D eigenvalue weighted by Crippen LogP contribution is -2.31. The minimum Gasteiger partial charge on any atom is -0.345 e. The summed E-state index contributed by atoms with van der Waals surface area (Å²) < 4.78 is 1.62. The number of nitrogens with one attached hydrogen (secondary N) is 2. The standard InChI is InChI=1S/C21H19ClN4O2S/c1-12-17(13(2)26-18(23-12)10-20(28)25-26)9-19(27)24-21(15-7-8-29-11-15)14-3-5-16(22)6-4-14/h3-8,10-11,21H,9H2,1-2H3,(H,24,27)(H,25,28). The Morgan fingerprint density at radius 1 is 1.24 bits per heavy atom. The van der Waals surface area contributed by atoms with Gasteiger partial charge in [0.05, 0.1) is 12.5 Å². The van der Waals surface area contributed by atoms with Crippen LogP contribution < -0.4 is 10.9 Å². The van der Waals surface area contributed by atoms with Gasteiger partial charge in [-0.05, 0) is 53.9 Å². The third kappa shape index (κ3) is 3.97. The predicted molar refractivity (Wildman–Crippen MR) is 115 cm³/mol. The predicted octanol–water partition coefficient (Wildman–Crippen LogP) is 3.80. The lowest BCUT2D eigenvalue weighted by Gasteiger charge is -2.19. The summed E-state index contributed by atoms with van der Waals surface area (Å²) in [5.41, 5.74) is 4.62. The van der Waals surface area contributed by atoms with Crippen LogP contribution in [-0.2, 0) is 11.2 Å². The summed E-state index contributed by atoms with van der Waals surface area (Å²) in [7, 11) is 0. The van der Waals surface area contributed by atoms with Crippen LogP contribution in [0.2, 0.25) is 5.02 Å². The van der Waals surface area contributed by atoms with E-state index < -0.39 is 0 Å². The van der Waals surface area contributed by atoms with Gasteiger partial charge in [0.25, 0.3) is 5.56 Å². The normalized spacial score (nSPS) is 12.2. The van der Waals surface area contributed by atoms with Crippen molar-refractivity contribution in [2.24, 2.45) is 0 Å². The molecule has 29 heavy (non-hydrogen) atoms. The first kappa shape index (κ1) is 19.4. The lowest BCUT2D eigenvalue weighted by atomic mass is 10.0. The first-order valence-electron chi connectivity index (χ1n) is 9.07. The molecule has 2 N–H and O–H groups in total. The van der Waals surface area contributed by atoms with Crippen molar-refractivity contribution in [2.75, 3.05) is 0 Å². The highest BCUT2D eigenvalue weighted by Gasteiger charge is 2.20. The van der Waals surface area contributed by atoms with Crippen LogP contribution in [0.5, 0.6) is 0 Å². The molecule has 0 saturated heterocycles. The van der Waals surface area contributed by atoms with Crippen molar-refractivity contribution < 1.29 is 4.79 Å². The van der Waals surface area contributed by atoms with Gasteiger partial charge in [0.15, 0.2) is 5.65 Å². The molecule has 0 fully saturated rings. The Bertz CT molecular complexity index is 1230. The Morgan fingerprint density at radius 3 is 2.69 bits per heavy atom. The summed E-state index contributed by atoms with van der Waals surface area (Å²) in [6.45, 7) is 3.72. The van der Waals surface area contributed by atoms with Gasteiger partial charge in [0.1, 0.15) is 0 Å². The molecule has 0 saturated carbocycles. The Hall–Kier alpha value is -2.90. The number of hydrogen-bond acceptors (Lipinski definition) is 4. The second-order valence-electron chi connectivity index (χ2n) is 6.86. The molecule has 8 heteroatoms. The van der Waals surface area contributed by atoms with Crippen molar-refractivity contribution in [2.45, 2.75) is 26.3 Å². The van der Waals surface area contributed by atoms with E-state index >= 15 is 0 Å². The highest BCUT2D eigenvalue weighted by molar-refractivity contribution is 7.08. The number of rotatable bonds is 5. The second-order valence-corrected chi connectivity index (χ2v) is 8.08. The number of fused-ring (bicyclic) bond motifs is 1. The van der Waals surface area contributed by atoms with Crippen molar-refractivity contribution in [1.29, 1.82) is 0 Å². The molecule has 0 spiro atoms. The third-order valence-electron chi connectivity index (χ3n) is 4.92. The molecule has 3 heterocycles. The van der Waals surface area contributed by atoms with E-state index in [4.69, 9.17) is 11.6 Å². The molecule has 148 valence electrons. The van der Waals surface area contributed by atoms with E-state index in [1.54, 1.807) is 15.9 Å². The second kappa shape index (κ2) is 7.85. The van der Waals surface area contributed by atoms with Crippen LogP contribution in [0.4, 0.5) is 0 Å². The number of H-pyrrole nitrogens is 1. The van der Waals surface area contributed by atoms with E-state index in [1.165, 1.54) is 6.07 Å². The fourth-order valence-electron chi connectivity index (χ4n) is 3.44. The molecule has 6 nitrogen and oxygen atoms in total. The van der Waals surface area contributed by atoms with Crippen LogP contribution in [0.25, 0.3) is 5.65 Å². The summed E-state index contributed by atoms with van der Waals surface area (Å²) in [4.78, 5) is 29.0. The molecule has 0 aliphatic carbocycles. The largest absolute Gasteiger partial charge is 0.345 e. The molecule has 4 aromatic rings. The number of hydrogen-bond donors (Lipinski definition) is 2. The van der Waals surface area contributed by atoms with Gasteiger partial charge >= 0.3 is 0 Å². The highest BCUT2D eigenvalue weighted by atomic mass is 35.5. The molecule has 0 radical (unpaired) electrons. The molecule has 1 aromatic carbocycles. The number of carbonyl (C=O) groups is 1. The van der Waals surface area contributed by atoms with Crippen LogP contribution in [0.3, 0.4) is 0 Å². The van der Waals surface area contributed by atoms with Gasteiger partial charge in [-0.3, -0.25) is 14.7 Å². The average Bonchev–Trinajstić information content (AvgIpc) is 3.33. The average molecular weight is 427 g/mol. The Balaban J connectivity index is 1.63. The molecular weight excluding hydrogens is 408 g/mol. The van der Waals surface area contributed by atoms with Gasteiger partial charge in [0.2, 0.25) is 5.91 Å². The van der Waals surface area contributed by atoms with Crippen molar-refractivity contribution in [3.8, 4) is 0 Å². The van der Waals surface area contributed by atoms with E-state index in [-0.39, 0.29) is 23.9 Å². The van der Waals surface area contributed by atoms with Crippen molar-refractivity contribution in [3.63, 3.8) is 0 Å². The van der Waals surface area contributed by atoms with Gasteiger partial charge in [-0.15, -0.1) is 0 Å². The maximum atomic E-state index is 13.0. The number of aryl methyl sites for hydroxylation is 2. The monoisotopic (exact) mass is 426 g/mol. The molecule has 3 aromatic heterocycles. The van der Waals surface area contributed by atoms with Gasteiger partial charge in [0, 0.05) is 28.0 Å². The fourth-order valence-corrected chi connectivity index (χ4v) is 4.25. The van der Waals surface area contributed by atoms with Crippen LogP contribution in [0.1, 0.15) is 34.1 Å². The maximum absolute atomic E-state index is 13.0. The van der Waals surface area contributed by atoms with Crippen LogP contribution >= 0.6 is 22.9 Å². The Kier molecular flexibility index (Phi) is 5.25. The number of aromatic amines is 1. The molecule has 1 atom stereocenters. The van der Waals surface area contributed by atoms with E-state index in [1.807, 2.05) is 54.9 Å². The van der Waals surface area contributed by atoms with E-state index in [0.29, 0.717) is 10.7 Å². The molecular formula is C21H19ClN4O2S. The summed E-state index contributed by atoms with van der Waals surface area (Å²) in [6.07, 6.45) is 0.162. The number of nitrogens with zero attached hydrogens (tertiary/aromatic N) is 2. The molecule has 1 amide bonds. The zero-order valence-corrected chi connectivity index (χ0v) is 17.5. The van der Waals surface area contributed by atoms with Crippen molar-refractivity contribution in [1.82, 2.24) is 19.9 Å². The summed E-state index contributed by atoms with van der Waals surface area (Å²) in [5, 5.41) is 10.5. The first-order valence-corrected chi connectivity index (χ1v) is 10.4. The zero-order valence-electron chi connectivity index (χ0n) is 15.9. The summed E-state index contributed by atoms with van der Waals surface area (Å²) in [6, 6.07) is 10.6. The van der Waals surface area contributed by atoms with E-state index in [2.05, 4.69) is 15.4 Å². The van der Waals surface area contributed by atoms with Gasteiger partial charge in [-0.25, -0.2) is 9.50 Å².